The Morgan fingerprint density at radius 2 is 2.18 bits per heavy atom. The summed E-state index contributed by atoms with van der Waals surface area (Å²) < 4.78 is 0.240. The van der Waals surface area contributed by atoms with Gasteiger partial charge in [0, 0.05) is 12.6 Å². The third-order valence-corrected chi connectivity index (χ3v) is 3.38. The molecular formula is C10H16ClN3O2S. The van der Waals surface area contributed by atoms with Crippen LogP contribution in [-0.2, 0) is 0 Å². The average Bonchev–Trinajstić information content (AvgIpc) is 2.62. The first-order valence-corrected chi connectivity index (χ1v) is 6.44. The summed E-state index contributed by atoms with van der Waals surface area (Å²) in [5, 5.41) is 19.3. The second-order valence-electron chi connectivity index (χ2n) is 4.76. The fraction of sp³-hybridized carbons (Fsp3) is 0.700. The molecule has 1 aromatic rings. The zero-order valence-corrected chi connectivity index (χ0v) is 11.6. The van der Waals surface area contributed by atoms with E-state index >= 15 is 0 Å². The highest BCUT2D eigenvalue weighted by Gasteiger charge is 2.27. The van der Waals surface area contributed by atoms with Gasteiger partial charge in [0.1, 0.15) is 0 Å². The van der Waals surface area contributed by atoms with Crippen LogP contribution in [-0.4, -0.2) is 33.9 Å². The molecule has 2 N–H and O–H groups in total. The van der Waals surface area contributed by atoms with Crippen LogP contribution < -0.4 is 5.32 Å². The molecule has 0 aliphatic heterocycles. The standard InChI is InChI=1S/C10H16ClN3O2S/c1-10(2,3)6(4-5-15)12-7(16)8-13-14-9(11)17-8/h6,15H,4-5H2,1-3H3,(H,12,16). The minimum absolute atomic E-state index is 0.0269. The lowest BCUT2D eigenvalue weighted by Gasteiger charge is -2.30. The van der Waals surface area contributed by atoms with E-state index in [1.807, 2.05) is 20.8 Å². The van der Waals surface area contributed by atoms with Crippen molar-refractivity contribution in [2.24, 2.45) is 5.41 Å². The fourth-order valence-corrected chi connectivity index (χ4v) is 2.10. The van der Waals surface area contributed by atoms with Crippen molar-refractivity contribution in [2.45, 2.75) is 33.2 Å². The van der Waals surface area contributed by atoms with Crippen LogP contribution in [0.5, 0.6) is 0 Å². The summed E-state index contributed by atoms with van der Waals surface area (Å²) in [5.41, 5.74) is -0.132. The summed E-state index contributed by atoms with van der Waals surface area (Å²) in [5.74, 6) is -0.303. The van der Waals surface area contributed by atoms with Crippen molar-refractivity contribution in [1.29, 1.82) is 0 Å². The Kier molecular flexibility index (Phi) is 4.85. The number of hydrogen-bond acceptors (Lipinski definition) is 5. The molecule has 0 bridgehead atoms. The van der Waals surface area contributed by atoms with E-state index in [0.717, 1.165) is 11.3 Å². The van der Waals surface area contributed by atoms with Gasteiger partial charge in [-0.3, -0.25) is 4.79 Å². The number of hydrogen-bond donors (Lipinski definition) is 2. The number of carbonyl (C=O) groups is 1. The van der Waals surface area contributed by atoms with Gasteiger partial charge in [-0.05, 0) is 23.4 Å². The van der Waals surface area contributed by atoms with Gasteiger partial charge in [-0.1, -0.05) is 32.1 Å². The van der Waals surface area contributed by atoms with Crippen LogP contribution in [0.15, 0.2) is 0 Å². The van der Waals surface area contributed by atoms with Crippen molar-refractivity contribution in [3.05, 3.63) is 9.47 Å². The molecular weight excluding hydrogens is 262 g/mol. The van der Waals surface area contributed by atoms with Gasteiger partial charge in [0.05, 0.1) is 0 Å². The quantitative estimate of drug-likeness (QED) is 0.879. The molecule has 96 valence electrons. The van der Waals surface area contributed by atoms with E-state index in [1.165, 1.54) is 0 Å². The fourth-order valence-electron chi connectivity index (χ4n) is 1.37. The number of aliphatic hydroxyl groups excluding tert-OH is 1. The number of nitrogens with zero attached hydrogens (tertiary/aromatic N) is 2. The highest BCUT2D eigenvalue weighted by atomic mass is 35.5. The number of rotatable bonds is 4. The first kappa shape index (κ1) is 14.3. The Balaban J connectivity index is 2.71. The monoisotopic (exact) mass is 277 g/mol. The van der Waals surface area contributed by atoms with Gasteiger partial charge in [0.15, 0.2) is 0 Å². The molecule has 0 saturated heterocycles. The third kappa shape index (κ3) is 4.22. The second-order valence-corrected chi connectivity index (χ2v) is 6.32. The van der Waals surface area contributed by atoms with Crippen LogP contribution in [0.2, 0.25) is 4.47 Å². The van der Waals surface area contributed by atoms with Crippen molar-refractivity contribution in [3.8, 4) is 0 Å². The normalized spacial score (nSPS) is 13.5. The van der Waals surface area contributed by atoms with E-state index in [0.29, 0.717) is 6.42 Å². The predicted octanol–water partition coefficient (Wildman–Crippen LogP) is 1.72. The molecule has 1 aromatic heterocycles. The minimum Gasteiger partial charge on any atom is -0.396 e. The summed E-state index contributed by atoms with van der Waals surface area (Å²) in [6, 6.07) is -0.123. The van der Waals surface area contributed by atoms with Crippen LogP contribution in [0.25, 0.3) is 0 Å². The van der Waals surface area contributed by atoms with E-state index in [1.54, 1.807) is 0 Å². The first-order chi connectivity index (χ1) is 7.84. The van der Waals surface area contributed by atoms with Crippen LogP contribution >= 0.6 is 22.9 Å². The summed E-state index contributed by atoms with van der Waals surface area (Å²) in [6.45, 7) is 6.03. The van der Waals surface area contributed by atoms with Crippen molar-refractivity contribution in [3.63, 3.8) is 0 Å². The van der Waals surface area contributed by atoms with Gasteiger partial charge < -0.3 is 10.4 Å². The molecule has 17 heavy (non-hydrogen) atoms. The highest BCUT2D eigenvalue weighted by Crippen LogP contribution is 2.22. The smallest absolute Gasteiger partial charge is 0.282 e. The van der Waals surface area contributed by atoms with Crippen LogP contribution in [0.3, 0.4) is 0 Å². The van der Waals surface area contributed by atoms with Gasteiger partial charge in [-0.15, -0.1) is 10.2 Å². The summed E-state index contributed by atoms with van der Waals surface area (Å²) in [6.07, 6.45) is 0.502. The van der Waals surface area contributed by atoms with E-state index in [4.69, 9.17) is 16.7 Å². The topological polar surface area (TPSA) is 75.1 Å². The Hall–Kier alpha value is -0.720. The maximum absolute atomic E-state index is 11.8. The molecule has 7 heteroatoms. The summed E-state index contributed by atoms with van der Waals surface area (Å²) in [7, 11) is 0. The Morgan fingerprint density at radius 1 is 1.53 bits per heavy atom. The Labute approximate surface area is 109 Å². The van der Waals surface area contributed by atoms with Gasteiger partial charge >= 0.3 is 0 Å². The van der Waals surface area contributed by atoms with Crippen molar-refractivity contribution >= 4 is 28.8 Å². The molecule has 1 rings (SSSR count). The number of amides is 1. The van der Waals surface area contributed by atoms with Gasteiger partial charge in [-0.25, -0.2) is 0 Å². The number of nitrogens with one attached hydrogen (secondary N) is 1. The summed E-state index contributed by atoms with van der Waals surface area (Å²) >= 11 is 6.65. The number of aromatic nitrogens is 2. The Morgan fingerprint density at radius 3 is 2.59 bits per heavy atom. The minimum atomic E-state index is -0.303. The third-order valence-electron chi connectivity index (χ3n) is 2.36. The summed E-state index contributed by atoms with van der Waals surface area (Å²) in [4.78, 5) is 11.8. The molecule has 1 unspecified atom stereocenters. The predicted molar refractivity (Wildman–Crippen MR) is 67.3 cm³/mol. The lowest BCUT2D eigenvalue weighted by atomic mass is 9.85. The van der Waals surface area contributed by atoms with Crippen molar-refractivity contribution in [1.82, 2.24) is 15.5 Å². The second kappa shape index (κ2) is 5.75. The highest BCUT2D eigenvalue weighted by molar-refractivity contribution is 7.17. The van der Waals surface area contributed by atoms with Gasteiger partial charge in [0.2, 0.25) is 9.47 Å². The van der Waals surface area contributed by atoms with E-state index < -0.39 is 0 Å². The van der Waals surface area contributed by atoms with Crippen LogP contribution in [0.4, 0.5) is 0 Å². The zero-order chi connectivity index (χ0) is 13.1. The largest absolute Gasteiger partial charge is 0.396 e. The molecule has 0 aliphatic carbocycles. The number of carbonyl (C=O) groups excluding carboxylic acids is 1. The molecule has 0 spiro atoms. The first-order valence-electron chi connectivity index (χ1n) is 5.25. The molecule has 1 atom stereocenters. The molecule has 0 aliphatic rings. The molecule has 5 nitrogen and oxygen atoms in total. The average molecular weight is 278 g/mol. The molecule has 0 fully saturated rings. The number of aliphatic hydroxyl groups is 1. The molecule has 0 radical (unpaired) electrons. The lowest BCUT2D eigenvalue weighted by molar-refractivity contribution is 0.0884. The maximum Gasteiger partial charge on any atom is 0.282 e. The molecule has 0 aromatic carbocycles. The van der Waals surface area contributed by atoms with E-state index in [2.05, 4.69) is 15.5 Å². The molecule has 1 heterocycles. The van der Waals surface area contributed by atoms with Crippen molar-refractivity contribution in [2.75, 3.05) is 6.61 Å². The van der Waals surface area contributed by atoms with Crippen LogP contribution in [0, 0.1) is 5.41 Å². The lowest BCUT2D eigenvalue weighted by Crippen LogP contribution is -2.44. The van der Waals surface area contributed by atoms with E-state index in [9.17, 15) is 4.79 Å². The number of halogens is 1. The SMILES string of the molecule is CC(C)(C)C(CCO)NC(=O)c1nnc(Cl)s1. The van der Waals surface area contributed by atoms with Gasteiger partial charge in [-0.2, -0.15) is 0 Å². The zero-order valence-electron chi connectivity index (χ0n) is 10.0. The van der Waals surface area contributed by atoms with E-state index in [-0.39, 0.29) is 33.4 Å². The molecule has 0 saturated carbocycles. The Bertz CT molecular complexity index is 389. The molecule has 1 amide bonds. The van der Waals surface area contributed by atoms with Gasteiger partial charge in [0.25, 0.3) is 5.91 Å². The van der Waals surface area contributed by atoms with Crippen molar-refractivity contribution < 1.29 is 9.90 Å². The van der Waals surface area contributed by atoms with Crippen LogP contribution in [0.1, 0.15) is 37.0 Å². The maximum atomic E-state index is 11.8.